The second-order valence-electron chi connectivity index (χ2n) is 8.74. The molecule has 180 valence electrons. The topological polar surface area (TPSA) is 137 Å². The van der Waals surface area contributed by atoms with Gasteiger partial charge in [-0.2, -0.15) is 10.1 Å². The Morgan fingerprint density at radius 2 is 2.00 bits per heavy atom. The Balaban J connectivity index is 1.15. The summed E-state index contributed by atoms with van der Waals surface area (Å²) in [7, 11) is 0. The van der Waals surface area contributed by atoms with Gasteiger partial charge >= 0.3 is 0 Å². The predicted molar refractivity (Wildman–Crippen MR) is 124 cm³/mol. The van der Waals surface area contributed by atoms with Crippen molar-refractivity contribution in [1.82, 2.24) is 24.7 Å². The second-order valence-corrected chi connectivity index (χ2v) is 8.74. The highest BCUT2D eigenvalue weighted by molar-refractivity contribution is 5.96. The molecule has 0 spiro atoms. The summed E-state index contributed by atoms with van der Waals surface area (Å²) in [6.07, 6.45) is 7.02. The summed E-state index contributed by atoms with van der Waals surface area (Å²) in [4.78, 5) is 27.4. The third kappa shape index (κ3) is 4.16. The molecule has 0 unspecified atom stereocenters. The summed E-state index contributed by atoms with van der Waals surface area (Å²) < 4.78 is 26.4. The van der Waals surface area contributed by atoms with E-state index in [-0.39, 0.29) is 29.3 Å². The minimum Gasteiger partial charge on any atom is -0.423 e. The van der Waals surface area contributed by atoms with E-state index in [1.54, 1.807) is 18.5 Å². The highest BCUT2D eigenvalue weighted by Gasteiger charge is 2.33. The van der Waals surface area contributed by atoms with E-state index in [0.717, 1.165) is 26.1 Å². The fourth-order valence-electron chi connectivity index (χ4n) is 4.39. The Hall–Kier alpha value is -4.06. The minimum atomic E-state index is -0.671. The Labute approximate surface area is 199 Å². The summed E-state index contributed by atoms with van der Waals surface area (Å²) in [6.45, 7) is 2.59. The largest absolute Gasteiger partial charge is 0.423 e. The van der Waals surface area contributed by atoms with Crippen molar-refractivity contribution < 1.29 is 18.3 Å². The van der Waals surface area contributed by atoms with Crippen molar-refractivity contribution in [2.45, 2.75) is 24.8 Å². The quantitative estimate of drug-likeness (QED) is 0.428. The first-order chi connectivity index (χ1) is 17.0. The molecule has 1 amide bonds. The van der Waals surface area contributed by atoms with Gasteiger partial charge in [0.1, 0.15) is 11.3 Å². The summed E-state index contributed by atoms with van der Waals surface area (Å²) >= 11 is 0. The van der Waals surface area contributed by atoms with E-state index >= 15 is 0 Å². The molecular weight excluding hydrogens is 455 g/mol. The summed E-state index contributed by atoms with van der Waals surface area (Å²) in [5.41, 5.74) is 8.02. The van der Waals surface area contributed by atoms with Gasteiger partial charge in [0.2, 0.25) is 0 Å². The number of halogens is 1. The summed E-state index contributed by atoms with van der Waals surface area (Å²) in [5, 5.41) is 7.54. The molecule has 0 aliphatic carbocycles. The van der Waals surface area contributed by atoms with Gasteiger partial charge in [-0.1, -0.05) is 0 Å². The zero-order valence-electron chi connectivity index (χ0n) is 18.7. The van der Waals surface area contributed by atoms with Crippen LogP contribution in [0.15, 0.2) is 41.2 Å². The Morgan fingerprint density at radius 1 is 1.17 bits per heavy atom. The Bertz CT molecular complexity index is 1390. The molecule has 5 heterocycles. The van der Waals surface area contributed by atoms with Crippen molar-refractivity contribution >= 4 is 34.5 Å². The third-order valence-electron chi connectivity index (χ3n) is 6.36. The lowest BCUT2D eigenvalue weighted by molar-refractivity contribution is 0.0662. The van der Waals surface area contributed by atoms with Crippen molar-refractivity contribution in [3.8, 4) is 0 Å². The average molecular weight is 478 g/mol. The fraction of sp³-hybridized carbons (Fsp3) is 0.348. The third-order valence-corrected chi connectivity index (χ3v) is 6.36. The second kappa shape index (κ2) is 8.62. The molecule has 0 radical (unpaired) electrons. The number of benzene rings is 1. The zero-order valence-corrected chi connectivity index (χ0v) is 18.7. The first-order valence-corrected chi connectivity index (χ1v) is 11.4. The van der Waals surface area contributed by atoms with Crippen molar-refractivity contribution in [3.05, 3.63) is 54.0 Å². The molecular formula is C23H23FN8O3. The van der Waals surface area contributed by atoms with E-state index in [4.69, 9.17) is 14.9 Å². The van der Waals surface area contributed by atoms with Crippen molar-refractivity contribution in [3.63, 3.8) is 0 Å². The maximum atomic E-state index is 13.4. The highest BCUT2D eigenvalue weighted by atomic mass is 19.1. The van der Waals surface area contributed by atoms with Crippen LogP contribution in [0.1, 0.15) is 41.0 Å². The van der Waals surface area contributed by atoms with E-state index in [9.17, 15) is 9.18 Å². The number of rotatable bonds is 6. The van der Waals surface area contributed by atoms with Gasteiger partial charge in [0.15, 0.2) is 17.1 Å². The molecule has 4 aromatic rings. The molecule has 35 heavy (non-hydrogen) atoms. The van der Waals surface area contributed by atoms with Gasteiger partial charge in [-0.3, -0.25) is 9.48 Å². The number of nitrogens with zero attached hydrogens (tertiary/aromatic N) is 6. The maximum Gasteiger partial charge on any atom is 0.298 e. The number of carbonyl (C=O) groups excluding carboxylic acids is 1. The summed E-state index contributed by atoms with van der Waals surface area (Å²) in [5.74, 6) is -0.737. The van der Waals surface area contributed by atoms with Crippen LogP contribution in [-0.2, 0) is 4.74 Å². The molecule has 2 aliphatic rings. The zero-order chi connectivity index (χ0) is 23.9. The van der Waals surface area contributed by atoms with Crippen molar-refractivity contribution in [1.29, 1.82) is 0 Å². The van der Waals surface area contributed by atoms with Gasteiger partial charge in [0.25, 0.3) is 11.9 Å². The van der Waals surface area contributed by atoms with Gasteiger partial charge in [-0.15, -0.1) is 0 Å². The number of nitrogens with two attached hydrogens (primary N) is 1. The molecule has 11 nitrogen and oxygen atoms in total. The number of hydrogen-bond donors (Lipinski definition) is 2. The maximum absolute atomic E-state index is 13.4. The number of carbonyl (C=O) groups is 1. The molecule has 1 aromatic carbocycles. The van der Waals surface area contributed by atoms with Crippen LogP contribution in [0.4, 0.5) is 21.9 Å². The molecule has 2 fully saturated rings. The lowest BCUT2D eigenvalue weighted by Gasteiger charge is -2.37. The van der Waals surface area contributed by atoms with Gasteiger partial charge in [-0.05, 0) is 25.0 Å². The molecule has 6 rings (SSSR count). The Kier molecular flexibility index (Phi) is 5.29. The smallest absolute Gasteiger partial charge is 0.298 e. The molecule has 3 aromatic heterocycles. The number of amides is 1. The summed E-state index contributed by atoms with van der Waals surface area (Å²) in [6, 6.07) is 4.95. The SMILES string of the molecule is NC(=O)c1nc(C2CN(c3nc4ccc(F)cc4o3)C2)cnc1Nc1cnn(C2CCOCC2)c1. The predicted octanol–water partition coefficient (Wildman–Crippen LogP) is 2.75. The van der Waals surface area contributed by atoms with Crippen molar-refractivity contribution in [2.24, 2.45) is 5.73 Å². The lowest BCUT2D eigenvalue weighted by atomic mass is 9.97. The van der Waals surface area contributed by atoms with Crippen LogP contribution in [0.25, 0.3) is 11.1 Å². The van der Waals surface area contributed by atoms with Crippen molar-refractivity contribution in [2.75, 3.05) is 36.5 Å². The normalized spacial score (nSPS) is 17.0. The first-order valence-electron chi connectivity index (χ1n) is 11.4. The number of nitrogens with one attached hydrogen (secondary N) is 1. The van der Waals surface area contributed by atoms with Crippen LogP contribution in [0.5, 0.6) is 0 Å². The van der Waals surface area contributed by atoms with E-state index in [0.29, 0.717) is 41.6 Å². The van der Waals surface area contributed by atoms with Gasteiger partial charge in [0, 0.05) is 44.5 Å². The van der Waals surface area contributed by atoms with Crippen LogP contribution in [0.3, 0.4) is 0 Å². The van der Waals surface area contributed by atoms with Gasteiger partial charge in [0.05, 0.1) is 29.8 Å². The minimum absolute atomic E-state index is 0.0256. The number of ether oxygens (including phenoxy) is 1. The van der Waals surface area contributed by atoms with E-state index < -0.39 is 5.91 Å². The molecule has 0 atom stereocenters. The van der Waals surface area contributed by atoms with E-state index in [2.05, 4.69) is 25.4 Å². The standard InChI is InChI=1S/C23H23FN8O3/c24-14-1-2-17-19(7-14)35-23(30-17)31-10-13(11-31)18-9-26-22(20(29-18)21(25)33)28-15-8-27-32(12-15)16-3-5-34-6-4-16/h1-2,7-9,12-13,16H,3-6,10-11H2,(H2,25,33)(H,26,28). The molecule has 2 saturated heterocycles. The molecule has 2 aliphatic heterocycles. The number of hydrogen-bond acceptors (Lipinski definition) is 9. The number of aromatic nitrogens is 5. The number of fused-ring (bicyclic) bond motifs is 1. The molecule has 12 heteroatoms. The van der Waals surface area contributed by atoms with E-state index in [1.807, 2.05) is 15.8 Å². The van der Waals surface area contributed by atoms with Crippen LogP contribution < -0.4 is 16.0 Å². The van der Waals surface area contributed by atoms with Crippen LogP contribution in [0.2, 0.25) is 0 Å². The van der Waals surface area contributed by atoms with Crippen LogP contribution >= 0.6 is 0 Å². The first kappa shape index (κ1) is 21.5. The average Bonchev–Trinajstić information content (AvgIpc) is 3.46. The highest BCUT2D eigenvalue weighted by Crippen LogP contribution is 2.33. The number of anilines is 3. The molecule has 3 N–H and O–H groups in total. The number of primary amides is 1. The Morgan fingerprint density at radius 3 is 2.80 bits per heavy atom. The number of oxazole rings is 1. The van der Waals surface area contributed by atoms with Crippen LogP contribution in [-0.4, -0.2) is 56.9 Å². The lowest BCUT2D eigenvalue weighted by Crippen LogP contribution is -2.45. The van der Waals surface area contributed by atoms with Crippen LogP contribution in [0, 0.1) is 5.82 Å². The fourth-order valence-corrected chi connectivity index (χ4v) is 4.39. The monoisotopic (exact) mass is 478 g/mol. The molecule has 0 saturated carbocycles. The van der Waals surface area contributed by atoms with Gasteiger partial charge < -0.3 is 25.1 Å². The van der Waals surface area contributed by atoms with Gasteiger partial charge in [-0.25, -0.2) is 14.4 Å². The van der Waals surface area contributed by atoms with E-state index in [1.165, 1.54) is 12.1 Å². The molecule has 0 bridgehead atoms.